The summed E-state index contributed by atoms with van der Waals surface area (Å²) in [6, 6.07) is 7.56. The van der Waals surface area contributed by atoms with Gasteiger partial charge in [0.05, 0.1) is 46.2 Å². The van der Waals surface area contributed by atoms with Crippen LogP contribution in [0.25, 0.3) is 0 Å². The van der Waals surface area contributed by atoms with E-state index in [2.05, 4.69) is 51.6 Å². The van der Waals surface area contributed by atoms with Crippen molar-refractivity contribution in [3.63, 3.8) is 0 Å². The van der Waals surface area contributed by atoms with Gasteiger partial charge in [0.2, 0.25) is 0 Å². The van der Waals surface area contributed by atoms with Gasteiger partial charge in [-0.3, -0.25) is 10.1 Å². The second-order valence-corrected chi connectivity index (χ2v) is 8.56. The van der Waals surface area contributed by atoms with Crippen LogP contribution in [-0.2, 0) is 18.9 Å². The molecule has 2 aromatic rings. The van der Waals surface area contributed by atoms with Crippen LogP contribution in [0.3, 0.4) is 0 Å². The number of hydrogen-bond donors (Lipinski definition) is 0. The van der Waals surface area contributed by atoms with Crippen molar-refractivity contribution in [1.29, 1.82) is 0 Å². The Kier molecular flexibility index (Phi) is 11.1. The average molecular weight is 639 g/mol. The number of nitro groups is 1. The minimum Gasteiger partial charge on any atom is -0.438 e. The zero-order chi connectivity index (χ0) is 26.0. The van der Waals surface area contributed by atoms with Gasteiger partial charge < -0.3 is 23.8 Å². The van der Waals surface area contributed by atoms with Gasteiger partial charge in [0.25, 0.3) is 5.69 Å². The molecular formula is C20H19Br2ClN4O8. The zero-order valence-electron chi connectivity index (χ0n) is 18.4. The van der Waals surface area contributed by atoms with Gasteiger partial charge in [-0.2, -0.15) is 0 Å². The molecule has 0 bridgehead atoms. The van der Waals surface area contributed by atoms with E-state index >= 15 is 0 Å². The lowest BCUT2D eigenvalue weighted by Gasteiger charge is -2.24. The molecule has 0 aliphatic rings. The number of carbonyl (C=O) groups excluding carboxylic acids is 2. The maximum absolute atomic E-state index is 11.2. The third-order valence-electron chi connectivity index (χ3n) is 4.26. The Bertz CT molecular complexity index is 1070. The van der Waals surface area contributed by atoms with Gasteiger partial charge >= 0.3 is 12.3 Å². The number of nitro benzene ring substituents is 1. The molecule has 0 saturated heterocycles. The van der Waals surface area contributed by atoms with Gasteiger partial charge in [-0.1, -0.05) is 11.6 Å². The molecule has 2 rings (SSSR count). The summed E-state index contributed by atoms with van der Waals surface area (Å²) >= 11 is 12.9. The highest BCUT2D eigenvalue weighted by molar-refractivity contribution is 9.11. The van der Waals surface area contributed by atoms with E-state index in [1.165, 1.54) is 26.4 Å². The Balaban J connectivity index is 2.20. The molecular weight excluding hydrogens is 620 g/mol. The van der Waals surface area contributed by atoms with Gasteiger partial charge in [0, 0.05) is 17.8 Å². The molecule has 0 radical (unpaired) electrons. The first-order valence-electron chi connectivity index (χ1n) is 9.67. The monoisotopic (exact) mass is 636 g/mol. The summed E-state index contributed by atoms with van der Waals surface area (Å²) in [4.78, 5) is 34.7. The summed E-state index contributed by atoms with van der Waals surface area (Å²) in [6.07, 6.45) is -1.65. The van der Waals surface area contributed by atoms with Crippen molar-refractivity contribution in [3.8, 4) is 0 Å². The first kappa shape index (κ1) is 28.3. The molecule has 0 aliphatic carbocycles. The predicted octanol–water partition coefficient (Wildman–Crippen LogP) is 6.56. The maximum Gasteiger partial charge on any atom is 0.508 e. The fourth-order valence-electron chi connectivity index (χ4n) is 2.60. The predicted molar refractivity (Wildman–Crippen MR) is 133 cm³/mol. The number of benzene rings is 2. The van der Waals surface area contributed by atoms with Crippen LogP contribution in [0, 0.1) is 10.1 Å². The smallest absolute Gasteiger partial charge is 0.438 e. The van der Waals surface area contributed by atoms with Crippen molar-refractivity contribution >= 4 is 78.5 Å². The van der Waals surface area contributed by atoms with Crippen LogP contribution in [0.4, 0.5) is 32.3 Å². The van der Waals surface area contributed by atoms with Crippen LogP contribution in [0.15, 0.2) is 49.5 Å². The number of rotatable bonds is 10. The van der Waals surface area contributed by atoms with Gasteiger partial charge in [-0.05, 0) is 50.1 Å². The zero-order valence-corrected chi connectivity index (χ0v) is 22.3. The van der Waals surface area contributed by atoms with Gasteiger partial charge in [0.15, 0.2) is 0 Å². The third-order valence-corrected chi connectivity index (χ3v) is 5.77. The summed E-state index contributed by atoms with van der Waals surface area (Å²) in [6.45, 7) is 0.511. The van der Waals surface area contributed by atoms with Crippen molar-refractivity contribution in [2.45, 2.75) is 0 Å². The summed E-state index contributed by atoms with van der Waals surface area (Å²) < 4.78 is 19.5. The maximum atomic E-state index is 11.2. The van der Waals surface area contributed by atoms with Gasteiger partial charge in [-0.15, -0.1) is 10.2 Å². The van der Waals surface area contributed by atoms with Crippen molar-refractivity contribution in [1.82, 2.24) is 0 Å². The van der Waals surface area contributed by atoms with Crippen molar-refractivity contribution < 1.29 is 33.5 Å². The van der Waals surface area contributed by atoms with Crippen LogP contribution >= 0.6 is 43.5 Å². The molecule has 0 fully saturated rings. The lowest BCUT2D eigenvalue weighted by Crippen LogP contribution is -2.32. The van der Waals surface area contributed by atoms with E-state index in [-0.39, 0.29) is 37.0 Å². The number of methoxy groups -OCH3 is 2. The molecule has 0 N–H and O–H groups in total. The Morgan fingerprint density at radius 2 is 1.54 bits per heavy atom. The molecule has 0 spiro atoms. The molecule has 15 heteroatoms. The summed E-state index contributed by atoms with van der Waals surface area (Å²) in [5, 5.41) is 19.5. The molecule has 2 aromatic carbocycles. The van der Waals surface area contributed by atoms with E-state index in [0.717, 1.165) is 0 Å². The van der Waals surface area contributed by atoms with E-state index in [9.17, 15) is 19.7 Å². The van der Waals surface area contributed by atoms with E-state index < -0.39 is 17.2 Å². The second kappa shape index (κ2) is 13.8. The minimum atomic E-state index is -0.826. The Labute approximate surface area is 221 Å². The highest BCUT2D eigenvalue weighted by Gasteiger charge is 2.15. The van der Waals surface area contributed by atoms with Crippen molar-refractivity contribution in [2.24, 2.45) is 10.2 Å². The van der Waals surface area contributed by atoms with Crippen LogP contribution in [0.1, 0.15) is 0 Å². The first-order chi connectivity index (χ1) is 16.7. The molecule has 0 unspecified atom stereocenters. The molecule has 0 aromatic heterocycles. The van der Waals surface area contributed by atoms with E-state index in [1.807, 2.05) is 0 Å². The summed E-state index contributed by atoms with van der Waals surface area (Å²) in [7, 11) is 2.40. The lowest BCUT2D eigenvalue weighted by atomic mass is 10.2. The molecule has 12 nitrogen and oxygen atoms in total. The molecule has 0 amide bonds. The van der Waals surface area contributed by atoms with E-state index in [1.54, 1.807) is 23.1 Å². The standard InChI is InChI=1S/C20H19Br2ClN4O8/c1-32-19(28)34-7-5-26(6-8-35-20(29)33-2)12-3-4-17(16(23)11-12)24-25-18-14(21)9-13(27(30)31)10-15(18)22/h3-4,9-11H,5-8H2,1-2H3. The van der Waals surface area contributed by atoms with E-state index in [4.69, 9.17) is 21.1 Å². The van der Waals surface area contributed by atoms with E-state index in [0.29, 0.717) is 26.0 Å². The Morgan fingerprint density at radius 1 is 1.00 bits per heavy atom. The first-order valence-corrected chi connectivity index (χ1v) is 11.6. The van der Waals surface area contributed by atoms with Gasteiger partial charge in [-0.25, -0.2) is 9.59 Å². The number of hydrogen-bond acceptors (Lipinski definition) is 11. The number of halogens is 3. The quantitative estimate of drug-likeness (QED) is 0.122. The number of azo groups is 1. The second-order valence-electron chi connectivity index (χ2n) is 6.44. The SMILES string of the molecule is COC(=O)OCCN(CCOC(=O)OC)c1ccc(N=Nc2c(Br)cc([N+](=O)[O-])cc2Br)c(Cl)c1. The summed E-state index contributed by atoms with van der Waals surface area (Å²) in [5.41, 5.74) is 1.20. The van der Waals surface area contributed by atoms with Gasteiger partial charge in [0.1, 0.15) is 24.6 Å². The highest BCUT2D eigenvalue weighted by atomic mass is 79.9. The van der Waals surface area contributed by atoms with Crippen LogP contribution in [-0.4, -0.2) is 57.8 Å². The van der Waals surface area contributed by atoms with Crippen molar-refractivity contribution in [3.05, 3.63) is 54.4 Å². The fraction of sp³-hybridized carbons (Fsp3) is 0.300. The number of non-ortho nitro benzene ring substituents is 1. The Hall–Kier alpha value is -2.97. The highest BCUT2D eigenvalue weighted by Crippen LogP contribution is 2.39. The third kappa shape index (κ3) is 8.64. The molecule has 0 atom stereocenters. The number of carbonyl (C=O) groups is 2. The largest absolute Gasteiger partial charge is 0.508 e. The van der Waals surface area contributed by atoms with Crippen LogP contribution in [0.5, 0.6) is 0 Å². The topological polar surface area (TPSA) is 142 Å². The average Bonchev–Trinajstić information content (AvgIpc) is 2.82. The fourth-order valence-corrected chi connectivity index (χ4v) is 4.13. The molecule has 35 heavy (non-hydrogen) atoms. The van der Waals surface area contributed by atoms with Crippen LogP contribution in [0.2, 0.25) is 5.02 Å². The summed E-state index contributed by atoms with van der Waals surface area (Å²) in [5.74, 6) is 0. The Morgan fingerprint density at radius 3 is 2.00 bits per heavy atom. The minimum absolute atomic E-state index is 0.00612. The van der Waals surface area contributed by atoms with Crippen LogP contribution < -0.4 is 4.90 Å². The molecule has 0 saturated carbocycles. The molecule has 0 aliphatic heterocycles. The van der Waals surface area contributed by atoms with Crippen molar-refractivity contribution in [2.75, 3.05) is 45.4 Å². The number of ether oxygens (including phenoxy) is 4. The molecule has 0 heterocycles. The number of nitrogens with zero attached hydrogens (tertiary/aromatic N) is 4. The molecule has 188 valence electrons. The lowest BCUT2D eigenvalue weighted by molar-refractivity contribution is -0.385. The normalized spacial score (nSPS) is 10.7. The number of anilines is 1.